The number of rotatable bonds is 4. The minimum atomic E-state index is -0.779. The number of anilines is 2. The molecule has 0 fully saturated rings. The zero-order valence-corrected chi connectivity index (χ0v) is 19.0. The van der Waals surface area contributed by atoms with Crippen molar-refractivity contribution in [3.8, 4) is 16.9 Å². The maximum Gasteiger partial charge on any atom is 0.345 e. The van der Waals surface area contributed by atoms with E-state index in [2.05, 4.69) is 10.6 Å². The van der Waals surface area contributed by atoms with Crippen molar-refractivity contribution in [2.75, 3.05) is 10.6 Å². The number of nitrogens with one attached hydrogen (secondary N) is 2. The van der Waals surface area contributed by atoms with E-state index in [1.165, 1.54) is 37.3 Å². The molecule has 1 aromatic heterocycles. The lowest BCUT2D eigenvalue weighted by molar-refractivity contribution is -0.131. The fraction of sp³-hybridized carbons (Fsp3) is 0.115. The van der Waals surface area contributed by atoms with Crippen molar-refractivity contribution in [1.29, 1.82) is 0 Å². The van der Waals surface area contributed by atoms with Crippen molar-refractivity contribution in [3.05, 3.63) is 87.8 Å². The van der Waals surface area contributed by atoms with Crippen LogP contribution in [0.4, 0.5) is 25.1 Å². The molecule has 0 aliphatic heterocycles. The van der Waals surface area contributed by atoms with Gasteiger partial charge in [0.15, 0.2) is 0 Å². The van der Waals surface area contributed by atoms with Gasteiger partial charge in [-0.1, -0.05) is 12.1 Å². The second kappa shape index (κ2) is 9.38. The zero-order valence-electron chi connectivity index (χ0n) is 19.0. The molecule has 7 nitrogen and oxygen atoms in total. The van der Waals surface area contributed by atoms with Gasteiger partial charge in [0.05, 0.1) is 10.9 Å². The maximum atomic E-state index is 14.1. The number of carbonyl (C=O) groups is 2. The first-order chi connectivity index (χ1) is 16.6. The molecule has 0 unspecified atom stereocenters. The van der Waals surface area contributed by atoms with Crippen LogP contribution in [0.15, 0.2) is 63.8 Å². The van der Waals surface area contributed by atoms with Gasteiger partial charge in [-0.25, -0.2) is 18.4 Å². The highest BCUT2D eigenvalue weighted by Gasteiger charge is 2.19. The molecule has 0 saturated heterocycles. The lowest BCUT2D eigenvalue weighted by Gasteiger charge is -2.15. The third-order valence-electron chi connectivity index (χ3n) is 5.22. The molecule has 0 spiro atoms. The minimum absolute atomic E-state index is 0.101. The Hall–Kier alpha value is -4.53. The number of carbonyl (C=O) groups excluding carboxylic acids is 2. The Balaban J connectivity index is 1.73. The molecule has 0 radical (unpaired) electrons. The molecule has 9 heteroatoms. The third kappa shape index (κ3) is 5.03. The Morgan fingerprint density at radius 1 is 0.857 bits per heavy atom. The highest BCUT2D eigenvalue weighted by molar-refractivity contribution is 6.06. The summed E-state index contributed by atoms with van der Waals surface area (Å²) in [5.74, 6) is -1.39. The van der Waals surface area contributed by atoms with Crippen LogP contribution in [0.2, 0.25) is 0 Å². The summed E-state index contributed by atoms with van der Waals surface area (Å²) in [6.45, 7) is 4.73. The molecule has 0 saturated carbocycles. The summed E-state index contributed by atoms with van der Waals surface area (Å²) >= 11 is 0. The predicted octanol–water partition coefficient (Wildman–Crippen LogP) is 5.92. The van der Waals surface area contributed by atoms with E-state index in [0.29, 0.717) is 28.1 Å². The molecule has 3 aromatic carbocycles. The summed E-state index contributed by atoms with van der Waals surface area (Å²) in [5.41, 5.74) is 1.47. The number of amides is 2. The maximum absolute atomic E-state index is 14.1. The van der Waals surface area contributed by atoms with Gasteiger partial charge >= 0.3 is 17.6 Å². The molecule has 2 amide bonds. The van der Waals surface area contributed by atoms with E-state index < -0.39 is 29.3 Å². The average Bonchev–Trinajstić information content (AvgIpc) is 2.77. The van der Waals surface area contributed by atoms with E-state index in [1.807, 2.05) is 0 Å². The standard InChI is InChI=1S/C26H20F2N2O5/c1-13-10-19(11-14(2)23(13)34-15(3)31)29-26(33)30-24-22(16-4-6-17(27)7-5-16)21-12-18(28)8-9-20(21)25(32)35-24/h4-12H,1-3H3,(H2,29,30,33). The summed E-state index contributed by atoms with van der Waals surface area (Å²) < 4.78 is 38.2. The number of fused-ring (bicyclic) bond motifs is 1. The summed E-state index contributed by atoms with van der Waals surface area (Å²) in [6, 6.07) is 11.3. The Morgan fingerprint density at radius 3 is 2.11 bits per heavy atom. The second-order valence-electron chi connectivity index (χ2n) is 7.90. The van der Waals surface area contributed by atoms with Crippen molar-refractivity contribution in [3.63, 3.8) is 0 Å². The number of hydrogen-bond acceptors (Lipinski definition) is 5. The van der Waals surface area contributed by atoms with Crippen LogP contribution in [0.25, 0.3) is 21.9 Å². The molecule has 1 heterocycles. The molecule has 0 bridgehead atoms. The van der Waals surface area contributed by atoms with Gasteiger partial charge in [-0.3, -0.25) is 10.1 Å². The van der Waals surface area contributed by atoms with Crippen molar-refractivity contribution >= 4 is 34.3 Å². The SMILES string of the molecule is CC(=O)Oc1c(C)cc(NC(=O)Nc2oc(=O)c3ccc(F)cc3c2-c2ccc(F)cc2)cc1C. The van der Waals surface area contributed by atoms with Crippen LogP contribution in [-0.4, -0.2) is 12.0 Å². The molecular formula is C26H20F2N2O5. The van der Waals surface area contributed by atoms with Gasteiger partial charge in [0, 0.05) is 18.0 Å². The number of ether oxygens (including phenoxy) is 1. The van der Waals surface area contributed by atoms with Gasteiger partial charge in [0.25, 0.3) is 0 Å². The molecule has 0 aliphatic rings. The van der Waals surface area contributed by atoms with Gasteiger partial charge in [-0.05, 0) is 73.0 Å². The highest BCUT2D eigenvalue weighted by atomic mass is 19.1. The van der Waals surface area contributed by atoms with Crippen molar-refractivity contribution in [2.24, 2.45) is 0 Å². The fourth-order valence-electron chi connectivity index (χ4n) is 3.81. The van der Waals surface area contributed by atoms with Gasteiger partial charge in [-0.2, -0.15) is 0 Å². The molecule has 4 rings (SSSR count). The molecule has 35 heavy (non-hydrogen) atoms. The van der Waals surface area contributed by atoms with Crippen molar-refractivity contribution in [2.45, 2.75) is 20.8 Å². The lowest BCUT2D eigenvalue weighted by atomic mass is 10.00. The van der Waals surface area contributed by atoms with E-state index >= 15 is 0 Å². The first-order valence-corrected chi connectivity index (χ1v) is 10.5. The molecule has 0 aliphatic carbocycles. The topological polar surface area (TPSA) is 97.6 Å². The number of hydrogen-bond donors (Lipinski definition) is 2. The van der Waals surface area contributed by atoms with Crippen LogP contribution < -0.4 is 21.0 Å². The van der Waals surface area contributed by atoms with Crippen molar-refractivity contribution < 1.29 is 27.5 Å². The lowest BCUT2D eigenvalue weighted by Crippen LogP contribution is -2.21. The van der Waals surface area contributed by atoms with Gasteiger partial charge in [-0.15, -0.1) is 0 Å². The molecular weight excluding hydrogens is 458 g/mol. The van der Waals surface area contributed by atoms with Gasteiger partial charge < -0.3 is 14.5 Å². The number of urea groups is 1. The third-order valence-corrected chi connectivity index (χ3v) is 5.22. The quantitative estimate of drug-likeness (QED) is 0.280. The minimum Gasteiger partial charge on any atom is -0.426 e. The number of benzene rings is 3. The van der Waals surface area contributed by atoms with Crippen LogP contribution in [0.5, 0.6) is 5.75 Å². The monoisotopic (exact) mass is 478 g/mol. The molecule has 0 atom stereocenters. The second-order valence-corrected chi connectivity index (χ2v) is 7.90. The van der Waals surface area contributed by atoms with Crippen LogP contribution in [0.1, 0.15) is 18.1 Å². The Labute approximate surface area is 198 Å². The predicted molar refractivity (Wildman–Crippen MR) is 128 cm³/mol. The molecule has 178 valence electrons. The van der Waals surface area contributed by atoms with Gasteiger partial charge in [0.2, 0.25) is 5.88 Å². The first-order valence-electron chi connectivity index (χ1n) is 10.5. The van der Waals surface area contributed by atoms with E-state index in [-0.39, 0.29) is 22.2 Å². The van der Waals surface area contributed by atoms with E-state index in [4.69, 9.17) is 9.15 Å². The summed E-state index contributed by atoms with van der Waals surface area (Å²) in [7, 11) is 0. The normalized spacial score (nSPS) is 10.8. The van der Waals surface area contributed by atoms with Crippen LogP contribution >= 0.6 is 0 Å². The van der Waals surface area contributed by atoms with Crippen molar-refractivity contribution in [1.82, 2.24) is 0 Å². The van der Waals surface area contributed by atoms with E-state index in [1.54, 1.807) is 26.0 Å². The largest absolute Gasteiger partial charge is 0.426 e. The summed E-state index contributed by atoms with van der Waals surface area (Å²) in [5, 5.41) is 5.42. The smallest absolute Gasteiger partial charge is 0.345 e. The van der Waals surface area contributed by atoms with E-state index in [9.17, 15) is 23.2 Å². The number of esters is 1. The number of aryl methyl sites for hydroxylation is 2. The van der Waals surface area contributed by atoms with Crippen LogP contribution in [-0.2, 0) is 4.79 Å². The van der Waals surface area contributed by atoms with Crippen LogP contribution in [0.3, 0.4) is 0 Å². The Morgan fingerprint density at radius 2 is 1.49 bits per heavy atom. The Bertz CT molecular complexity index is 1500. The van der Waals surface area contributed by atoms with E-state index in [0.717, 1.165) is 12.1 Å². The Kier molecular flexibility index (Phi) is 6.33. The van der Waals surface area contributed by atoms with Gasteiger partial charge in [0.1, 0.15) is 17.4 Å². The summed E-state index contributed by atoms with van der Waals surface area (Å²) in [6.07, 6.45) is 0. The average molecular weight is 478 g/mol. The number of halogens is 2. The first kappa shape index (κ1) is 23.6. The fourth-order valence-corrected chi connectivity index (χ4v) is 3.81. The molecule has 2 N–H and O–H groups in total. The zero-order chi connectivity index (χ0) is 25.3. The van der Waals surface area contributed by atoms with Crippen LogP contribution in [0, 0.1) is 25.5 Å². The summed E-state index contributed by atoms with van der Waals surface area (Å²) in [4.78, 5) is 36.7. The molecule has 4 aromatic rings. The highest BCUT2D eigenvalue weighted by Crippen LogP contribution is 2.35.